The molecule has 0 radical (unpaired) electrons. The molecule has 11 heavy (non-hydrogen) atoms. The zero-order valence-electron chi connectivity index (χ0n) is 6.06. The van der Waals surface area contributed by atoms with Crippen molar-refractivity contribution in [1.82, 2.24) is 0 Å². The van der Waals surface area contributed by atoms with E-state index in [2.05, 4.69) is 15.9 Å². The van der Waals surface area contributed by atoms with Gasteiger partial charge in [-0.3, -0.25) is 0 Å². The van der Waals surface area contributed by atoms with Crippen LogP contribution < -0.4 is 0 Å². The molecule has 0 aliphatic heterocycles. The Kier molecular flexibility index (Phi) is 2.93. The standard InChI is InChI=1S/C8H8BrClO/c1-5-2-8(10)7(9)3-6(5)4-11/h2-3,11H,4H2,1H3. The minimum Gasteiger partial charge on any atom is -0.392 e. The first-order valence-corrected chi connectivity index (χ1v) is 4.37. The molecule has 60 valence electrons. The van der Waals surface area contributed by atoms with E-state index in [1.165, 1.54) is 0 Å². The predicted octanol–water partition coefficient (Wildman–Crippen LogP) is 2.90. The number of hydrogen-bond donors (Lipinski definition) is 1. The molecule has 0 saturated carbocycles. The van der Waals surface area contributed by atoms with E-state index < -0.39 is 0 Å². The summed E-state index contributed by atoms with van der Waals surface area (Å²) in [5, 5.41) is 9.55. The van der Waals surface area contributed by atoms with Crippen molar-refractivity contribution >= 4 is 27.5 Å². The van der Waals surface area contributed by atoms with Crippen molar-refractivity contribution < 1.29 is 5.11 Å². The first-order chi connectivity index (χ1) is 5.15. The highest BCUT2D eigenvalue weighted by Gasteiger charge is 2.01. The van der Waals surface area contributed by atoms with Gasteiger partial charge in [-0.05, 0) is 46.1 Å². The van der Waals surface area contributed by atoms with E-state index in [-0.39, 0.29) is 6.61 Å². The van der Waals surface area contributed by atoms with Crippen LogP contribution in [0.4, 0.5) is 0 Å². The molecule has 0 saturated heterocycles. The molecule has 0 amide bonds. The van der Waals surface area contributed by atoms with E-state index in [4.69, 9.17) is 16.7 Å². The molecule has 1 aromatic carbocycles. The molecule has 1 nitrogen and oxygen atoms in total. The topological polar surface area (TPSA) is 20.2 Å². The Hall–Kier alpha value is -0.0500. The van der Waals surface area contributed by atoms with Crippen LogP contribution in [0.1, 0.15) is 11.1 Å². The van der Waals surface area contributed by atoms with E-state index in [1.54, 1.807) is 0 Å². The third kappa shape index (κ3) is 1.95. The molecule has 1 N–H and O–H groups in total. The highest BCUT2D eigenvalue weighted by atomic mass is 79.9. The number of halogens is 2. The second kappa shape index (κ2) is 3.57. The van der Waals surface area contributed by atoms with Crippen molar-refractivity contribution in [3.05, 3.63) is 32.8 Å². The van der Waals surface area contributed by atoms with Gasteiger partial charge in [0.1, 0.15) is 0 Å². The molecule has 0 heterocycles. The lowest BCUT2D eigenvalue weighted by molar-refractivity contribution is 0.281. The van der Waals surface area contributed by atoms with Crippen molar-refractivity contribution in [2.24, 2.45) is 0 Å². The van der Waals surface area contributed by atoms with Crippen molar-refractivity contribution in [3.63, 3.8) is 0 Å². The van der Waals surface area contributed by atoms with E-state index in [1.807, 2.05) is 19.1 Å². The summed E-state index contributed by atoms with van der Waals surface area (Å²) >= 11 is 9.09. The molecule has 0 fully saturated rings. The maximum atomic E-state index is 8.87. The summed E-state index contributed by atoms with van der Waals surface area (Å²) in [6.45, 7) is 1.98. The smallest absolute Gasteiger partial charge is 0.0684 e. The maximum Gasteiger partial charge on any atom is 0.0684 e. The van der Waals surface area contributed by atoms with Gasteiger partial charge in [0, 0.05) is 4.47 Å². The largest absolute Gasteiger partial charge is 0.392 e. The maximum absolute atomic E-state index is 8.87. The predicted molar refractivity (Wildman–Crippen MR) is 49.8 cm³/mol. The molecule has 0 aromatic heterocycles. The molecule has 3 heteroatoms. The second-order valence-electron chi connectivity index (χ2n) is 2.35. The van der Waals surface area contributed by atoms with E-state index >= 15 is 0 Å². The second-order valence-corrected chi connectivity index (χ2v) is 3.61. The van der Waals surface area contributed by atoms with Crippen molar-refractivity contribution in [2.45, 2.75) is 13.5 Å². The highest BCUT2D eigenvalue weighted by Crippen LogP contribution is 2.25. The molecule has 0 unspecified atom stereocenters. The number of hydrogen-bond acceptors (Lipinski definition) is 1. The minimum atomic E-state index is 0.0571. The summed E-state index contributed by atoms with van der Waals surface area (Å²) in [7, 11) is 0. The zero-order valence-corrected chi connectivity index (χ0v) is 8.41. The van der Waals surface area contributed by atoms with Crippen LogP contribution in [-0.2, 0) is 6.61 Å². The van der Waals surface area contributed by atoms with Crippen molar-refractivity contribution in [1.29, 1.82) is 0 Å². The van der Waals surface area contributed by atoms with Gasteiger partial charge in [-0.15, -0.1) is 0 Å². The van der Waals surface area contributed by atoms with Gasteiger partial charge < -0.3 is 5.11 Å². The third-order valence-electron chi connectivity index (χ3n) is 1.55. The summed E-state index contributed by atoms with van der Waals surface area (Å²) in [5.74, 6) is 0. The number of rotatable bonds is 1. The average Bonchev–Trinajstić information content (AvgIpc) is 1.97. The van der Waals surface area contributed by atoms with Gasteiger partial charge >= 0.3 is 0 Å². The van der Waals surface area contributed by atoms with Crippen LogP contribution in [-0.4, -0.2) is 5.11 Å². The minimum absolute atomic E-state index is 0.0571. The van der Waals surface area contributed by atoms with Crippen LogP contribution in [0.2, 0.25) is 5.02 Å². The summed E-state index contributed by atoms with van der Waals surface area (Å²) in [6, 6.07) is 3.66. The summed E-state index contributed by atoms with van der Waals surface area (Å²) < 4.78 is 0.828. The fourth-order valence-electron chi connectivity index (χ4n) is 0.858. The zero-order chi connectivity index (χ0) is 8.43. The van der Waals surface area contributed by atoms with Crippen LogP contribution in [0.5, 0.6) is 0 Å². The van der Waals surface area contributed by atoms with E-state index in [0.29, 0.717) is 5.02 Å². The van der Waals surface area contributed by atoms with Crippen molar-refractivity contribution in [3.8, 4) is 0 Å². The highest BCUT2D eigenvalue weighted by molar-refractivity contribution is 9.10. The van der Waals surface area contributed by atoms with Crippen LogP contribution in [0.3, 0.4) is 0 Å². The quantitative estimate of drug-likeness (QED) is 0.793. The average molecular weight is 236 g/mol. The summed E-state index contributed by atoms with van der Waals surface area (Å²) in [4.78, 5) is 0. The molecule has 1 rings (SSSR count). The summed E-state index contributed by atoms with van der Waals surface area (Å²) in [5.41, 5.74) is 1.92. The Morgan fingerprint density at radius 3 is 2.73 bits per heavy atom. The van der Waals surface area contributed by atoms with Crippen molar-refractivity contribution in [2.75, 3.05) is 0 Å². The molecule has 0 spiro atoms. The summed E-state index contributed by atoms with van der Waals surface area (Å²) in [6.07, 6.45) is 0. The Balaban J connectivity index is 3.21. The monoisotopic (exact) mass is 234 g/mol. The number of aliphatic hydroxyl groups excluding tert-OH is 1. The fourth-order valence-corrected chi connectivity index (χ4v) is 1.47. The van der Waals surface area contributed by atoms with Gasteiger partial charge in [0.05, 0.1) is 11.6 Å². The molecule has 0 aliphatic rings. The van der Waals surface area contributed by atoms with Crippen LogP contribution >= 0.6 is 27.5 Å². The SMILES string of the molecule is Cc1cc(Cl)c(Br)cc1CO. The lowest BCUT2D eigenvalue weighted by Gasteiger charge is -2.03. The first kappa shape index (κ1) is 9.04. The van der Waals surface area contributed by atoms with Gasteiger partial charge in [-0.2, -0.15) is 0 Å². The van der Waals surface area contributed by atoms with Gasteiger partial charge in [-0.1, -0.05) is 11.6 Å². The normalized spacial score (nSPS) is 10.2. The number of benzene rings is 1. The van der Waals surface area contributed by atoms with E-state index in [9.17, 15) is 0 Å². The number of aliphatic hydroxyl groups is 1. The Morgan fingerprint density at radius 2 is 2.18 bits per heavy atom. The van der Waals surface area contributed by atoms with Gasteiger partial charge in [0.25, 0.3) is 0 Å². The van der Waals surface area contributed by atoms with Gasteiger partial charge in [-0.25, -0.2) is 0 Å². The Morgan fingerprint density at radius 1 is 1.55 bits per heavy atom. The van der Waals surface area contributed by atoms with Gasteiger partial charge in [0.15, 0.2) is 0 Å². The van der Waals surface area contributed by atoms with Crippen LogP contribution in [0.25, 0.3) is 0 Å². The molecule has 0 bridgehead atoms. The van der Waals surface area contributed by atoms with Gasteiger partial charge in [0.2, 0.25) is 0 Å². The Bertz CT molecular complexity index is 273. The number of aryl methyl sites for hydroxylation is 1. The molecule has 1 aromatic rings. The first-order valence-electron chi connectivity index (χ1n) is 3.20. The molecular formula is C8H8BrClO. The molecule has 0 atom stereocenters. The third-order valence-corrected chi connectivity index (χ3v) is 2.75. The lowest BCUT2D eigenvalue weighted by Crippen LogP contribution is -1.88. The molecular weight excluding hydrogens is 227 g/mol. The molecule has 0 aliphatic carbocycles. The lowest BCUT2D eigenvalue weighted by atomic mass is 10.1. The fraction of sp³-hybridized carbons (Fsp3) is 0.250. The van der Waals surface area contributed by atoms with Crippen LogP contribution in [0, 0.1) is 6.92 Å². The van der Waals surface area contributed by atoms with Crippen LogP contribution in [0.15, 0.2) is 16.6 Å². The Labute approximate surface area is 79.1 Å². The van der Waals surface area contributed by atoms with E-state index in [0.717, 1.165) is 15.6 Å².